The Morgan fingerprint density at radius 2 is 2.03 bits per heavy atom. The van der Waals surface area contributed by atoms with Crippen LogP contribution in [0.1, 0.15) is 30.7 Å². The van der Waals surface area contributed by atoms with Crippen LogP contribution in [0.25, 0.3) is 17.5 Å². The summed E-state index contributed by atoms with van der Waals surface area (Å²) in [6.45, 7) is 0.736. The summed E-state index contributed by atoms with van der Waals surface area (Å²) in [5, 5.41) is 21.9. The van der Waals surface area contributed by atoms with Crippen LogP contribution in [0.2, 0.25) is 0 Å². The number of amides is 1. The minimum atomic E-state index is -0.497. The zero-order chi connectivity index (χ0) is 21.8. The number of hydrogen-bond acceptors (Lipinski definition) is 5. The summed E-state index contributed by atoms with van der Waals surface area (Å²) in [6.07, 6.45) is 6.67. The summed E-state index contributed by atoms with van der Waals surface area (Å²) in [6, 6.07) is 10.2. The van der Waals surface area contributed by atoms with Crippen LogP contribution in [-0.4, -0.2) is 25.6 Å². The molecule has 1 aliphatic heterocycles. The van der Waals surface area contributed by atoms with Gasteiger partial charge in [-0.25, -0.2) is 4.39 Å². The maximum Gasteiger partial charge on any atom is 0.270 e. The van der Waals surface area contributed by atoms with Crippen molar-refractivity contribution >= 4 is 23.4 Å². The average molecular weight is 421 g/mol. The molecule has 0 bridgehead atoms. The second-order valence-electron chi connectivity index (χ2n) is 7.27. The number of carbonyl (C=O) groups is 1. The van der Waals surface area contributed by atoms with Crippen LogP contribution in [0, 0.1) is 15.9 Å². The van der Waals surface area contributed by atoms with E-state index in [1.165, 1.54) is 42.5 Å². The summed E-state index contributed by atoms with van der Waals surface area (Å²) < 4.78 is 16.5. The van der Waals surface area contributed by atoms with E-state index in [-0.39, 0.29) is 11.3 Å². The van der Waals surface area contributed by atoms with E-state index in [1.54, 1.807) is 12.1 Å². The number of nitro groups is 1. The first-order valence-electron chi connectivity index (χ1n) is 9.97. The Kier molecular flexibility index (Phi) is 5.83. The summed E-state index contributed by atoms with van der Waals surface area (Å²) >= 11 is 0. The number of nitrogens with one attached hydrogen (secondary N) is 1. The number of aromatic nitrogens is 3. The number of nitro benzene ring substituents is 1. The van der Waals surface area contributed by atoms with Crippen LogP contribution in [0.15, 0.2) is 48.5 Å². The molecule has 9 heteroatoms. The van der Waals surface area contributed by atoms with Crippen LogP contribution in [0.5, 0.6) is 0 Å². The van der Waals surface area contributed by atoms with Crippen molar-refractivity contribution in [3.63, 3.8) is 0 Å². The molecule has 2 aromatic carbocycles. The van der Waals surface area contributed by atoms with Gasteiger partial charge in [-0.15, -0.1) is 10.2 Å². The molecule has 2 heterocycles. The molecule has 0 atom stereocenters. The minimum Gasteiger partial charge on any atom is -0.322 e. The van der Waals surface area contributed by atoms with E-state index in [1.807, 2.05) is 4.57 Å². The van der Waals surface area contributed by atoms with Gasteiger partial charge in [0.25, 0.3) is 5.69 Å². The highest BCUT2D eigenvalue weighted by Crippen LogP contribution is 2.27. The van der Waals surface area contributed by atoms with Gasteiger partial charge < -0.3 is 9.88 Å². The summed E-state index contributed by atoms with van der Waals surface area (Å²) in [7, 11) is 0. The number of anilines is 1. The molecule has 3 aromatic rings. The van der Waals surface area contributed by atoms with E-state index in [4.69, 9.17) is 0 Å². The zero-order valence-corrected chi connectivity index (χ0v) is 16.6. The molecule has 0 spiro atoms. The number of nitrogens with zero attached hydrogens (tertiary/aromatic N) is 4. The lowest BCUT2D eigenvalue weighted by molar-refractivity contribution is -0.384. The highest BCUT2D eigenvalue weighted by atomic mass is 19.1. The average Bonchev–Trinajstić information content (AvgIpc) is 3.01. The van der Waals surface area contributed by atoms with Gasteiger partial charge in [0.1, 0.15) is 11.6 Å². The minimum absolute atomic E-state index is 0.0572. The van der Waals surface area contributed by atoms with E-state index < -0.39 is 16.6 Å². The van der Waals surface area contributed by atoms with Crippen molar-refractivity contribution in [2.75, 3.05) is 5.32 Å². The van der Waals surface area contributed by atoms with Crippen LogP contribution >= 0.6 is 0 Å². The van der Waals surface area contributed by atoms with Crippen LogP contribution in [-0.2, 0) is 17.8 Å². The van der Waals surface area contributed by atoms with Gasteiger partial charge in [0, 0.05) is 36.9 Å². The standard InChI is InChI=1S/C22H20FN5O3/c23-19-10-9-16(14-18(19)22-26-25-20-7-2-1-3-12-27(20)22)24-21(29)11-8-15-5-4-6-17(13-15)28(30)31/h4-6,8-11,13-14H,1-3,7,12H2,(H,24,29)/b11-8+. The fourth-order valence-electron chi connectivity index (χ4n) is 3.56. The number of benzene rings is 2. The van der Waals surface area contributed by atoms with Crippen molar-refractivity contribution in [3.05, 3.63) is 75.9 Å². The summed E-state index contributed by atoms with van der Waals surface area (Å²) in [5.41, 5.74) is 1.16. The molecule has 31 heavy (non-hydrogen) atoms. The second-order valence-corrected chi connectivity index (χ2v) is 7.27. The normalized spacial score (nSPS) is 13.6. The first-order chi connectivity index (χ1) is 15.0. The van der Waals surface area contributed by atoms with E-state index in [0.717, 1.165) is 38.1 Å². The molecule has 158 valence electrons. The molecule has 0 fully saturated rings. The van der Waals surface area contributed by atoms with Crippen LogP contribution < -0.4 is 5.32 Å². The van der Waals surface area contributed by atoms with Gasteiger partial charge in [-0.2, -0.15) is 0 Å². The molecule has 1 amide bonds. The number of halogens is 1. The predicted molar refractivity (Wildman–Crippen MR) is 114 cm³/mol. The molecular weight excluding hydrogens is 401 g/mol. The summed E-state index contributed by atoms with van der Waals surface area (Å²) in [4.78, 5) is 22.7. The topological polar surface area (TPSA) is 103 Å². The maximum absolute atomic E-state index is 14.6. The van der Waals surface area contributed by atoms with Crippen LogP contribution in [0.4, 0.5) is 15.8 Å². The predicted octanol–water partition coefficient (Wildman–Crippen LogP) is 4.37. The number of carbonyl (C=O) groups excluding carboxylic acids is 1. The van der Waals surface area contributed by atoms with Crippen molar-refractivity contribution < 1.29 is 14.1 Å². The Morgan fingerprint density at radius 1 is 1.16 bits per heavy atom. The van der Waals surface area contributed by atoms with E-state index in [0.29, 0.717) is 17.1 Å². The smallest absolute Gasteiger partial charge is 0.270 e. The maximum atomic E-state index is 14.6. The number of aryl methyl sites for hydroxylation is 1. The highest BCUT2D eigenvalue weighted by Gasteiger charge is 2.19. The molecule has 1 N–H and O–H groups in total. The fourth-order valence-corrected chi connectivity index (χ4v) is 3.56. The van der Waals surface area contributed by atoms with E-state index in [9.17, 15) is 19.3 Å². The molecule has 0 aliphatic carbocycles. The third-order valence-electron chi connectivity index (χ3n) is 5.09. The molecule has 0 radical (unpaired) electrons. The Bertz CT molecular complexity index is 1170. The highest BCUT2D eigenvalue weighted by molar-refractivity contribution is 6.02. The molecule has 1 aliphatic rings. The first kappa shape index (κ1) is 20.4. The molecule has 0 saturated heterocycles. The van der Waals surface area contributed by atoms with E-state index >= 15 is 0 Å². The van der Waals surface area contributed by atoms with Crippen molar-refractivity contribution in [3.8, 4) is 11.4 Å². The summed E-state index contributed by atoms with van der Waals surface area (Å²) in [5.74, 6) is 0.424. The Hall–Kier alpha value is -3.88. The fraction of sp³-hybridized carbons (Fsp3) is 0.227. The SMILES string of the molecule is O=C(/C=C/c1cccc([N+](=O)[O-])c1)Nc1ccc(F)c(-c2nnc3n2CCCCC3)c1. The van der Waals surface area contributed by atoms with Gasteiger partial charge in [0.15, 0.2) is 5.82 Å². The lowest BCUT2D eigenvalue weighted by atomic mass is 10.1. The number of non-ortho nitro benzene ring substituents is 1. The largest absolute Gasteiger partial charge is 0.322 e. The Balaban J connectivity index is 1.53. The van der Waals surface area contributed by atoms with Gasteiger partial charge in [-0.1, -0.05) is 18.6 Å². The number of hydrogen-bond donors (Lipinski definition) is 1. The van der Waals surface area contributed by atoms with Crippen molar-refractivity contribution in [1.29, 1.82) is 0 Å². The third kappa shape index (κ3) is 4.66. The second kappa shape index (κ2) is 8.86. The van der Waals surface area contributed by atoms with Gasteiger partial charge >= 0.3 is 0 Å². The monoisotopic (exact) mass is 421 g/mol. The van der Waals surface area contributed by atoms with Crippen molar-refractivity contribution in [2.45, 2.75) is 32.2 Å². The van der Waals surface area contributed by atoms with Gasteiger partial charge in [-0.3, -0.25) is 14.9 Å². The third-order valence-corrected chi connectivity index (χ3v) is 5.09. The van der Waals surface area contributed by atoms with E-state index in [2.05, 4.69) is 15.5 Å². The van der Waals surface area contributed by atoms with Gasteiger partial charge in [-0.05, 0) is 42.7 Å². The quantitative estimate of drug-likeness (QED) is 0.374. The Morgan fingerprint density at radius 3 is 2.87 bits per heavy atom. The van der Waals surface area contributed by atoms with Gasteiger partial charge in [0.05, 0.1) is 10.5 Å². The first-order valence-corrected chi connectivity index (χ1v) is 9.97. The van der Waals surface area contributed by atoms with Crippen LogP contribution in [0.3, 0.4) is 0 Å². The molecule has 0 unspecified atom stereocenters. The number of fused-ring (bicyclic) bond motifs is 1. The molecule has 4 rings (SSSR count). The molecular formula is C22H20FN5O3. The molecule has 1 aromatic heterocycles. The number of rotatable bonds is 5. The zero-order valence-electron chi connectivity index (χ0n) is 16.6. The lowest BCUT2D eigenvalue weighted by Crippen LogP contribution is -2.09. The molecule has 8 nitrogen and oxygen atoms in total. The van der Waals surface area contributed by atoms with Crippen molar-refractivity contribution in [2.24, 2.45) is 0 Å². The van der Waals surface area contributed by atoms with Crippen molar-refractivity contribution in [1.82, 2.24) is 14.8 Å². The Labute approximate surface area is 177 Å². The lowest BCUT2D eigenvalue weighted by Gasteiger charge is -2.10. The van der Waals surface area contributed by atoms with Gasteiger partial charge in [0.2, 0.25) is 5.91 Å². The molecule has 0 saturated carbocycles.